The molecule has 3 nitrogen and oxygen atoms in total. The third kappa shape index (κ3) is 4.03. The molecule has 1 saturated heterocycles. The summed E-state index contributed by atoms with van der Waals surface area (Å²) in [6, 6.07) is 4.58. The van der Waals surface area contributed by atoms with Gasteiger partial charge in [0.25, 0.3) is 0 Å². The van der Waals surface area contributed by atoms with E-state index in [1.165, 1.54) is 12.1 Å². The quantitative estimate of drug-likeness (QED) is 0.926. The van der Waals surface area contributed by atoms with Crippen LogP contribution in [0.3, 0.4) is 0 Å². The molecule has 1 aromatic carbocycles. The number of halogens is 3. The summed E-state index contributed by atoms with van der Waals surface area (Å²) in [7, 11) is 0. The Hall–Kier alpha value is -0.910. The van der Waals surface area contributed by atoms with E-state index in [1.807, 2.05) is 4.90 Å². The zero-order chi connectivity index (χ0) is 14.0. The van der Waals surface area contributed by atoms with Gasteiger partial charge in [0.15, 0.2) is 0 Å². The van der Waals surface area contributed by atoms with Crippen LogP contribution in [0.1, 0.15) is 18.9 Å². The highest BCUT2D eigenvalue weighted by atomic mass is 35.5. The molecule has 0 aliphatic carbocycles. The second-order valence-electron chi connectivity index (χ2n) is 5.09. The van der Waals surface area contributed by atoms with Gasteiger partial charge in [0.05, 0.1) is 5.60 Å². The molecule has 1 fully saturated rings. The molecule has 0 radical (unpaired) electrons. The summed E-state index contributed by atoms with van der Waals surface area (Å²) in [6.07, 6.45) is 0.665. The molecule has 0 bridgehead atoms. The smallest absolute Gasteiger partial charge is 0.387 e. The maximum absolute atomic E-state index is 12.3. The molecule has 1 aliphatic rings. The fourth-order valence-electron chi connectivity index (χ4n) is 2.30. The van der Waals surface area contributed by atoms with Gasteiger partial charge in [-0.15, -0.1) is 0 Å². The van der Waals surface area contributed by atoms with Gasteiger partial charge in [0.2, 0.25) is 0 Å². The zero-order valence-corrected chi connectivity index (χ0v) is 11.3. The van der Waals surface area contributed by atoms with Crippen molar-refractivity contribution in [3.63, 3.8) is 0 Å². The Labute approximate surface area is 115 Å². The topological polar surface area (TPSA) is 32.7 Å². The average Bonchev–Trinajstić information content (AvgIpc) is 2.61. The predicted octanol–water partition coefficient (Wildman–Crippen LogP) is 2.90. The number of β-amino-alcohol motifs (C(OH)–C–C–N with tert-alkyl or cyclic N) is 1. The van der Waals surface area contributed by atoms with E-state index in [1.54, 1.807) is 13.0 Å². The number of nitrogens with zero attached hydrogens (tertiary/aromatic N) is 1. The number of aliphatic hydroxyl groups is 1. The van der Waals surface area contributed by atoms with E-state index in [0.29, 0.717) is 36.6 Å². The third-order valence-electron chi connectivity index (χ3n) is 3.16. The molecule has 1 aliphatic heterocycles. The van der Waals surface area contributed by atoms with Gasteiger partial charge in [-0.3, -0.25) is 4.90 Å². The van der Waals surface area contributed by atoms with Gasteiger partial charge in [0.1, 0.15) is 5.75 Å². The highest BCUT2D eigenvalue weighted by molar-refractivity contribution is 6.30. The van der Waals surface area contributed by atoms with Crippen LogP contribution in [0.4, 0.5) is 8.78 Å². The van der Waals surface area contributed by atoms with Crippen LogP contribution < -0.4 is 4.74 Å². The minimum absolute atomic E-state index is 0.131. The van der Waals surface area contributed by atoms with Crippen LogP contribution in [0, 0.1) is 0 Å². The van der Waals surface area contributed by atoms with Crippen molar-refractivity contribution in [2.75, 3.05) is 13.1 Å². The van der Waals surface area contributed by atoms with Crippen LogP contribution in [0.2, 0.25) is 5.02 Å². The third-order valence-corrected chi connectivity index (χ3v) is 3.40. The van der Waals surface area contributed by atoms with Crippen molar-refractivity contribution in [1.82, 2.24) is 4.90 Å². The van der Waals surface area contributed by atoms with Crippen molar-refractivity contribution in [3.05, 3.63) is 28.8 Å². The molecule has 1 unspecified atom stereocenters. The zero-order valence-electron chi connectivity index (χ0n) is 10.6. The molecule has 1 atom stereocenters. The number of rotatable bonds is 4. The van der Waals surface area contributed by atoms with E-state index < -0.39 is 12.2 Å². The largest absolute Gasteiger partial charge is 0.434 e. The van der Waals surface area contributed by atoms with Crippen molar-refractivity contribution in [1.29, 1.82) is 0 Å². The van der Waals surface area contributed by atoms with E-state index in [0.717, 1.165) is 0 Å². The van der Waals surface area contributed by atoms with Crippen LogP contribution in [-0.4, -0.2) is 35.3 Å². The highest BCUT2D eigenvalue weighted by Crippen LogP contribution is 2.28. The van der Waals surface area contributed by atoms with E-state index in [4.69, 9.17) is 11.6 Å². The molecule has 1 N–H and O–H groups in total. The first-order valence-electron chi connectivity index (χ1n) is 6.04. The first kappa shape index (κ1) is 14.5. The van der Waals surface area contributed by atoms with Gasteiger partial charge in [-0.05, 0) is 31.5 Å². The molecule has 6 heteroatoms. The van der Waals surface area contributed by atoms with Crippen molar-refractivity contribution >= 4 is 11.6 Å². The summed E-state index contributed by atoms with van der Waals surface area (Å²) in [4.78, 5) is 1.99. The fraction of sp³-hybridized carbons (Fsp3) is 0.538. The maximum atomic E-state index is 12.3. The number of ether oxygens (including phenoxy) is 1. The monoisotopic (exact) mass is 291 g/mol. The van der Waals surface area contributed by atoms with Crippen LogP contribution in [0.5, 0.6) is 5.75 Å². The van der Waals surface area contributed by atoms with Gasteiger partial charge < -0.3 is 9.84 Å². The number of alkyl halides is 2. The number of likely N-dealkylation sites (tertiary alicyclic amines) is 1. The van der Waals surface area contributed by atoms with Gasteiger partial charge in [-0.1, -0.05) is 11.6 Å². The minimum Gasteiger partial charge on any atom is -0.434 e. The summed E-state index contributed by atoms with van der Waals surface area (Å²) in [5.74, 6) is 0.131. The summed E-state index contributed by atoms with van der Waals surface area (Å²) in [5, 5.41) is 10.4. The van der Waals surface area contributed by atoms with E-state index in [2.05, 4.69) is 4.74 Å². The predicted molar refractivity (Wildman–Crippen MR) is 68.6 cm³/mol. The van der Waals surface area contributed by atoms with Gasteiger partial charge in [-0.2, -0.15) is 8.78 Å². The molecule has 1 heterocycles. The van der Waals surface area contributed by atoms with Gasteiger partial charge in [0, 0.05) is 30.2 Å². The normalized spacial score (nSPS) is 24.1. The van der Waals surface area contributed by atoms with Crippen LogP contribution in [-0.2, 0) is 6.54 Å². The van der Waals surface area contributed by atoms with E-state index in [9.17, 15) is 13.9 Å². The van der Waals surface area contributed by atoms with Crippen LogP contribution >= 0.6 is 11.6 Å². The lowest BCUT2D eigenvalue weighted by molar-refractivity contribution is -0.0508. The molecule has 0 spiro atoms. The molecule has 0 aromatic heterocycles. The summed E-state index contributed by atoms with van der Waals surface area (Å²) in [6.45, 7) is 0.559. The first-order chi connectivity index (χ1) is 8.85. The lowest BCUT2D eigenvalue weighted by Crippen LogP contribution is -2.29. The SMILES string of the molecule is CC1(O)CCN(Cc2cc(Cl)ccc2OC(F)F)C1. The average molecular weight is 292 g/mol. The van der Waals surface area contributed by atoms with E-state index in [-0.39, 0.29) is 5.75 Å². The first-order valence-corrected chi connectivity index (χ1v) is 6.41. The molecule has 19 heavy (non-hydrogen) atoms. The molecule has 106 valence electrons. The van der Waals surface area contributed by atoms with Gasteiger partial charge in [-0.25, -0.2) is 0 Å². The Kier molecular flexibility index (Phi) is 4.28. The second kappa shape index (κ2) is 5.61. The van der Waals surface area contributed by atoms with Crippen molar-refractivity contribution in [2.45, 2.75) is 32.1 Å². The van der Waals surface area contributed by atoms with Crippen LogP contribution in [0.25, 0.3) is 0 Å². The Morgan fingerprint density at radius 1 is 1.53 bits per heavy atom. The maximum Gasteiger partial charge on any atom is 0.387 e. The van der Waals surface area contributed by atoms with E-state index >= 15 is 0 Å². The van der Waals surface area contributed by atoms with Crippen LogP contribution in [0.15, 0.2) is 18.2 Å². The minimum atomic E-state index is -2.86. The van der Waals surface area contributed by atoms with Crippen molar-refractivity contribution in [3.8, 4) is 5.75 Å². The molecular weight excluding hydrogens is 276 g/mol. The Balaban J connectivity index is 2.12. The highest BCUT2D eigenvalue weighted by Gasteiger charge is 2.31. The summed E-state index contributed by atoms with van der Waals surface area (Å²) >= 11 is 5.88. The lowest BCUT2D eigenvalue weighted by atomic mass is 10.1. The summed E-state index contributed by atoms with van der Waals surface area (Å²) in [5.41, 5.74) is -0.118. The number of hydrogen-bond donors (Lipinski definition) is 1. The summed E-state index contributed by atoms with van der Waals surface area (Å²) < 4.78 is 29.1. The second-order valence-corrected chi connectivity index (χ2v) is 5.52. The Morgan fingerprint density at radius 2 is 2.26 bits per heavy atom. The standard InChI is InChI=1S/C13H16ClF2NO2/c1-13(18)4-5-17(8-13)7-9-6-10(14)2-3-11(9)19-12(15)16/h2-3,6,12,18H,4-5,7-8H2,1H3. The number of hydrogen-bond acceptors (Lipinski definition) is 3. The molecule has 1 aromatic rings. The van der Waals surface area contributed by atoms with Crippen molar-refractivity contribution < 1.29 is 18.6 Å². The molecule has 0 amide bonds. The molecule has 2 rings (SSSR count). The van der Waals surface area contributed by atoms with Crippen molar-refractivity contribution in [2.24, 2.45) is 0 Å². The Morgan fingerprint density at radius 3 is 2.84 bits per heavy atom. The molecule has 0 saturated carbocycles. The van der Waals surface area contributed by atoms with Gasteiger partial charge >= 0.3 is 6.61 Å². The molecular formula is C13H16ClF2NO2. The number of benzene rings is 1. The Bertz CT molecular complexity index is 454. The lowest BCUT2D eigenvalue weighted by Gasteiger charge is -2.20. The fourth-order valence-corrected chi connectivity index (χ4v) is 2.49.